The standard InChI is InChI=1S/C11H11Br/c12-11(10-7-4-8-10)9-5-2-1-3-6-9/h1-3,5-6H,4,7-8H2. The molecule has 1 aromatic carbocycles. The smallest absolute Gasteiger partial charge is 0.0239 e. The Hall–Kier alpha value is -0.560. The SMILES string of the molecule is BrC(=C1CCC1)c1ccccc1. The highest BCUT2D eigenvalue weighted by Gasteiger charge is 2.13. The summed E-state index contributed by atoms with van der Waals surface area (Å²) in [7, 11) is 0. The van der Waals surface area contributed by atoms with Gasteiger partial charge in [0.2, 0.25) is 0 Å². The summed E-state index contributed by atoms with van der Waals surface area (Å²) in [6.45, 7) is 0. The van der Waals surface area contributed by atoms with Crippen molar-refractivity contribution in [1.82, 2.24) is 0 Å². The van der Waals surface area contributed by atoms with Crippen LogP contribution in [0.25, 0.3) is 4.48 Å². The zero-order valence-corrected chi connectivity index (χ0v) is 8.47. The summed E-state index contributed by atoms with van der Waals surface area (Å²) in [6.07, 6.45) is 3.90. The quantitative estimate of drug-likeness (QED) is 0.675. The summed E-state index contributed by atoms with van der Waals surface area (Å²) in [5.74, 6) is 0. The Bertz CT molecular complexity index is 292. The van der Waals surface area contributed by atoms with E-state index in [-0.39, 0.29) is 0 Å². The van der Waals surface area contributed by atoms with E-state index in [0.29, 0.717) is 0 Å². The lowest BCUT2D eigenvalue weighted by Crippen LogP contribution is -1.98. The first-order valence-electron chi connectivity index (χ1n) is 4.31. The van der Waals surface area contributed by atoms with Crippen LogP contribution in [0.2, 0.25) is 0 Å². The molecule has 0 N–H and O–H groups in total. The van der Waals surface area contributed by atoms with Gasteiger partial charge in [-0.05, 0) is 24.8 Å². The van der Waals surface area contributed by atoms with Crippen LogP contribution in [0.5, 0.6) is 0 Å². The summed E-state index contributed by atoms with van der Waals surface area (Å²) in [6, 6.07) is 10.5. The van der Waals surface area contributed by atoms with Crippen molar-refractivity contribution in [3.63, 3.8) is 0 Å². The Morgan fingerprint density at radius 2 is 1.75 bits per heavy atom. The van der Waals surface area contributed by atoms with Gasteiger partial charge < -0.3 is 0 Å². The molecule has 0 aromatic heterocycles. The molecule has 0 aliphatic heterocycles. The number of hydrogen-bond donors (Lipinski definition) is 0. The highest BCUT2D eigenvalue weighted by molar-refractivity contribution is 9.15. The molecule has 0 atom stereocenters. The molecule has 0 heterocycles. The summed E-state index contributed by atoms with van der Waals surface area (Å²) in [5, 5.41) is 0. The lowest BCUT2D eigenvalue weighted by molar-refractivity contribution is 0.669. The van der Waals surface area contributed by atoms with E-state index in [1.807, 2.05) is 0 Å². The van der Waals surface area contributed by atoms with Crippen LogP contribution in [-0.4, -0.2) is 0 Å². The van der Waals surface area contributed by atoms with E-state index in [0.717, 1.165) is 0 Å². The Labute approximate surface area is 81.4 Å². The van der Waals surface area contributed by atoms with Crippen LogP contribution >= 0.6 is 15.9 Å². The minimum absolute atomic E-state index is 1.27. The predicted octanol–water partition coefficient (Wildman–Crippen LogP) is 3.98. The van der Waals surface area contributed by atoms with Gasteiger partial charge in [-0.3, -0.25) is 0 Å². The average molecular weight is 223 g/mol. The van der Waals surface area contributed by atoms with Gasteiger partial charge in [-0.1, -0.05) is 51.8 Å². The molecule has 0 unspecified atom stereocenters. The Morgan fingerprint density at radius 1 is 1.08 bits per heavy atom. The molecule has 1 aliphatic carbocycles. The van der Waals surface area contributed by atoms with Crippen molar-refractivity contribution < 1.29 is 0 Å². The summed E-state index contributed by atoms with van der Waals surface area (Å²) < 4.78 is 1.31. The molecule has 0 amide bonds. The zero-order chi connectivity index (χ0) is 8.39. The number of rotatable bonds is 1. The Morgan fingerprint density at radius 3 is 2.25 bits per heavy atom. The Balaban J connectivity index is 2.31. The van der Waals surface area contributed by atoms with Crippen LogP contribution in [0.1, 0.15) is 24.8 Å². The highest BCUT2D eigenvalue weighted by atomic mass is 79.9. The van der Waals surface area contributed by atoms with Crippen molar-refractivity contribution in [2.24, 2.45) is 0 Å². The molecule has 1 aromatic rings. The van der Waals surface area contributed by atoms with Crippen molar-refractivity contribution in [3.05, 3.63) is 41.5 Å². The first-order valence-corrected chi connectivity index (χ1v) is 5.10. The number of halogens is 1. The van der Waals surface area contributed by atoms with E-state index in [2.05, 4.69) is 46.3 Å². The molecule has 0 nitrogen and oxygen atoms in total. The van der Waals surface area contributed by atoms with Crippen LogP contribution in [-0.2, 0) is 0 Å². The van der Waals surface area contributed by atoms with Gasteiger partial charge >= 0.3 is 0 Å². The van der Waals surface area contributed by atoms with Crippen LogP contribution < -0.4 is 0 Å². The van der Waals surface area contributed by atoms with E-state index in [1.54, 1.807) is 5.57 Å². The van der Waals surface area contributed by atoms with Crippen LogP contribution in [0, 0.1) is 0 Å². The Kier molecular flexibility index (Phi) is 2.31. The van der Waals surface area contributed by atoms with Crippen LogP contribution in [0.4, 0.5) is 0 Å². The normalized spacial score (nSPS) is 15.6. The fraction of sp³-hybridized carbons (Fsp3) is 0.273. The zero-order valence-electron chi connectivity index (χ0n) is 6.89. The van der Waals surface area contributed by atoms with Gasteiger partial charge in [-0.15, -0.1) is 0 Å². The maximum atomic E-state index is 3.64. The monoisotopic (exact) mass is 222 g/mol. The molecule has 0 spiro atoms. The number of allylic oxidation sites excluding steroid dienone is 1. The second-order valence-corrected chi connectivity index (χ2v) is 3.93. The average Bonchev–Trinajstić information content (AvgIpc) is 2.03. The molecule has 1 aliphatic rings. The summed E-state index contributed by atoms with van der Waals surface area (Å²) in [5.41, 5.74) is 2.88. The largest absolute Gasteiger partial charge is 0.0622 e. The van der Waals surface area contributed by atoms with Gasteiger partial charge in [0, 0.05) is 4.48 Å². The molecule has 2 rings (SSSR count). The van der Waals surface area contributed by atoms with Gasteiger partial charge in [0.15, 0.2) is 0 Å². The fourth-order valence-electron chi connectivity index (χ4n) is 1.36. The van der Waals surface area contributed by atoms with Crippen molar-refractivity contribution in [1.29, 1.82) is 0 Å². The first-order chi connectivity index (χ1) is 5.88. The third-order valence-corrected chi connectivity index (χ3v) is 3.31. The van der Waals surface area contributed by atoms with Gasteiger partial charge in [-0.25, -0.2) is 0 Å². The van der Waals surface area contributed by atoms with Gasteiger partial charge in [0.25, 0.3) is 0 Å². The van der Waals surface area contributed by atoms with Crippen molar-refractivity contribution >= 4 is 20.4 Å². The van der Waals surface area contributed by atoms with Gasteiger partial charge in [0.05, 0.1) is 0 Å². The van der Waals surface area contributed by atoms with E-state index >= 15 is 0 Å². The molecule has 1 fully saturated rings. The van der Waals surface area contributed by atoms with Crippen molar-refractivity contribution in [2.75, 3.05) is 0 Å². The number of benzene rings is 1. The second kappa shape index (κ2) is 3.44. The molecule has 1 saturated carbocycles. The van der Waals surface area contributed by atoms with E-state index < -0.39 is 0 Å². The van der Waals surface area contributed by atoms with Crippen LogP contribution in [0.15, 0.2) is 35.9 Å². The van der Waals surface area contributed by atoms with Crippen molar-refractivity contribution in [3.8, 4) is 0 Å². The lowest BCUT2D eigenvalue weighted by atomic mass is 9.91. The van der Waals surface area contributed by atoms with E-state index in [9.17, 15) is 0 Å². The molecule has 0 radical (unpaired) electrons. The molecule has 1 heteroatoms. The van der Waals surface area contributed by atoms with E-state index in [4.69, 9.17) is 0 Å². The third kappa shape index (κ3) is 1.46. The maximum absolute atomic E-state index is 3.64. The van der Waals surface area contributed by atoms with E-state index in [1.165, 1.54) is 29.3 Å². The van der Waals surface area contributed by atoms with Crippen LogP contribution in [0.3, 0.4) is 0 Å². The maximum Gasteiger partial charge on any atom is 0.0239 e. The highest BCUT2D eigenvalue weighted by Crippen LogP contribution is 2.36. The first kappa shape index (κ1) is 8.06. The minimum Gasteiger partial charge on any atom is -0.0622 e. The second-order valence-electron chi connectivity index (χ2n) is 3.14. The summed E-state index contributed by atoms with van der Waals surface area (Å²) in [4.78, 5) is 0. The lowest BCUT2D eigenvalue weighted by Gasteiger charge is -2.18. The fourth-order valence-corrected chi connectivity index (χ4v) is 2.02. The molecular formula is C11H11Br. The van der Waals surface area contributed by atoms with Gasteiger partial charge in [0.1, 0.15) is 0 Å². The van der Waals surface area contributed by atoms with Crippen molar-refractivity contribution in [2.45, 2.75) is 19.3 Å². The van der Waals surface area contributed by atoms with Gasteiger partial charge in [-0.2, -0.15) is 0 Å². The topological polar surface area (TPSA) is 0 Å². The number of hydrogen-bond acceptors (Lipinski definition) is 0. The third-order valence-electron chi connectivity index (χ3n) is 2.29. The molecule has 0 bridgehead atoms. The minimum atomic E-state index is 1.27. The molecular weight excluding hydrogens is 212 g/mol. The summed E-state index contributed by atoms with van der Waals surface area (Å²) >= 11 is 3.64. The molecule has 62 valence electrons. The molecule has 12 heavy (non-hydrogen) atoms. The molecule has 0 saturated heterocycles. The predicted molar refractivity (Wildman–Crippen MR) is 56.1 cm³/mol.